The van der Waals surface area contributed by atoms with E-state index in [-0.39, 0.29) is 4.93 Å². The minimum absolute atomic E-state index is 0.316. The molecule has 0 amide bonds. The Morgan fingerprint density at radius 3 is 2.75 bits per heavy atom. The molecule has 0 heterocycles. The molecule has 0 spiro atoms. The number of hydrogen-bond donors (Lipinski definition) is 0. The quantitative estimate of drug-likeness (QED) is 0.497. The molecule has 0 saturated carbocycles. The molecule has 0 aromatic heterocycles. The van der Waals surface area contributed by atoms with Crippen LogP contribution in [-0.4, -0.2) is 25.4 Å². The summed E-state index contributed by atoms with van der Waals surface area (Å²) in [4.78, 5) is -0.316. The van der Waals surface area contributed by atoms with Gasteiger partial charge >= 0.3 is 0 Å². The van der Waals surface area contributed by atoms with Gasteiger partial charge in [-0.15, -0.1) is 11.8 Å². The molecule has 0 saturated heterocycles. The van der Waals surface area contributed by atoms with E-state index in [0.717, 1.165) is 12.2 Å². The minimum Gasteiger partial charge on any atom is -0.501 e. The number of ether oxygens (including phenoxy) is 2. The topological polar surface area (TPSA) is 18.5 Å². The van der Waals surface area contributed by atoms with Gasteiger partial charge in [0.15, 0.2) is 4.93 Å². The van der Waals surface area contributed by atoms with E-state index in [9.17, 15) is 0 Å². The lowest BCUT2D eigenvalue weighted by atomic mass is 10.1. The normalized spacial score (nSPS) is 28.4. The summed E-state index contributed by atoms with van der Waals surface area (Å²) in [6.07, 6.45) is 9.02. The van der Waals surface area contributed by atoms with Gasteiger partial charge in [0.1, 0.15) is 0 Å². The van der Waals surface area contributed by atoms with Crippen LogP contribution in [0.3, 0.4) is 0 Å². The molecule has 1 aliphatic carbocycles. The molecule has 2 nitrogen and oxygen atoms in total. The van der Waals surface area contributed by atoms with E-state index in [0.29, 0.717) is 0 Å². The molecule has 0 aromatic rings. The number of rotatable bonds is 3. The Kier molecular flexibility index (Phi) is 3.23. The lowest BCUT2D eigenvalue weighted by Gasteiger charge is -2.26. The van der Waals surface area contributed by atoms with Crippen molar-refractivity contribution in [3.05, 3.63) is 24.0 Å². The molecule has 1 atom stereocenters. The summed E-state index contributed by atoms with van der Waals surface area (Å²) < 4.78 is 10.5. The van der Waals surface area contributed by atoms with Gasteiger partial charge in [-0.3, -0.25) is 0 Å². The monoisotopic (exact) mass is 186 g/mol. The van der Waals surface area contributed by atoms with E-state index in [4.69, 9.17) is 9.47 Å². The van der Waals surface area contributed by atoms with Crippen molar-refractivity contribution in [2.24, 2.45) is 0 Å². The second-order valence-corrected chi connectivity index (χ2v) is 3.60. The van der Waals surface area contributed by atoms with Gasteiger partial charge < -0.3 is 9.47 Å². The number of methoxy groups -OCH3 is 2. The first-order chi connectivity index (χ1) is 5.76. The third-order valence-corrected chi connectivity index (χ3v) is 2.99. The maximum atomic E-state index is 5.38. The van der Waals surface area contributed by atoms with E-state index in [2.05, 4.69) is 12.2 Å². The van der Waals surface area contributed by atoms with Crippen molar-refractivity contribution in [2.75, 3.05) is 20.5 Å². The fraction of sp³-hybridized carbons (Fsp3) is 0.556. The number of hydrogen-bond acceptors (Lipinski definition) is 3. The van der Waals surface area contributed by atoms with Gasteiger partial charge in [0.05, 0.1) is 12.9 Å². The van der Waals surface area contributed by atoms with Gasteiger partial charge in [-0.25, -0.2) is 0 Å². The summed E-state index contributed by atoms with van der Waals surface area (Å²) in [6.45, 7) is 0. The van der Waals surface area contributed by atoms with Crippen molar-refractivity contribution in [1.82, 2.24) is 0 Å². The molecule has 3 heteroatoms. The molecular formula is C9H14O2S. The highest BCUT2D eigenvalue weighted by Crippen LogP contribution is 2.32. The van der Waals surface area contributed by atoms with Crippen LogP contribution < -0.4 is 0 Å². The molecule has 0 bridgehead atoms. The lowest BCUT2D eigenvalue weighted by molar-refractivity contribution is 0.141. The predicted octanol–water partition coefficient (Wildman–Crippen LogP) is 2.18. The Balaban J connectivity index is 2.81. The van der Waals surface area contributed by atoms with E-state index in [1.165, 1.54) is 0 Å². The maximum Gasteiger partial charge on any atom is 0.154 e. The Hall–Kier alpha value is -0.410. The van der Waals surface area contributed by atoms with Crippen LogP contribution in [0, 0.1) is 0 Å². The van der Waals surface area contributed by atoms with Crippen LogP contribution in [0.5, 0.6) is 0 Å². The van der Waals surface area contributed by atoms with Gasteiger partial charge in [-0.2, -0.15) is 0 Å². The Bertz CT molecular complexity index is 205. The fourth-order valence-electron chi connectivity index (χ4n) is 1.15. The van der Waals surface area contributed by atoms with Crippen molar-refractivity contribution in [3.8, 4) is 0 Å². The van der Waals surface area contributed by atoms with Gasteiger partial charge in [0, 0.05) is 13.5 Å². The molecule has 1 rings (SSSR count). The van der Waals surface area contributed by atoms with Crippen LogP contribution in [0.15, 0.2) is 24.0 Å². The van der Waals surface area contributed by atoms with Crippen LogP contribution in [0.4, 0.5) is 0 Å². The molecule has 0 aliphatic heterocycles. The van der Waals surface area contributed by atoms with E-state index >= 15 is 0 Å². The lowest BCUT2D eigenvalue weighted by Crippen LogP contribution is -2.23. The van der Waals surface area contributed by atoms with Gasteiger partial charge in [-0.1, -0.05) is 6.08 Å². The molecule has 1 aliphatic rings. The zero-order valence-electron chi connectivity index (χ0n) is 7.66. The molecule has 12 heavy (non-hydrogen) atoms. The first kappa shape index (κ1) is 9.68. The van der Waals surface area contributed by atoms with Crippen LogP contribution in [0.25, 0.3) is 0 Å². The molecule has 68 valence electrons. The Morgan fingerprint density at radius 2 is 2.25 bits per heavy atom. The number of allylic oxidation sites excluding steroid dienone is 1. The van der Waals surface area contributed by atoms with Crippen LogP contribution in [-0.2, 0) is 9.47 Å². The average molecular weight is 186 g/mol. The third-order valence-electron chi connectivity index (χ3n) is 1.93. The van der Waals surface area contributed by atoms with E-state index in [1.807, 2.05) is 12.3 Å². The largest absolute Gasteiger partial charge is 0.501 e. The minimum atomic E-state index is -0.316. The summed E-state index contributed by atoms with van der Waals surface area (Å²) in [5.41, 5.74) is 0. The first-order valence-electron chi connectivity index (χ1n) is 3.80. The molecular weight excluding hydrogens is 172 g/mol. The van der Waals surface area contributed by atoms with Crippen LogP contribution in [0.2, 0.25) is 0 Å². The standard InChI is InChI=1S/C9H14O2S/c1-10-8-5-4-6-9(7-8,11-2)12-3/h4,6-7H,5H2,1-3H3. The highest BCUT2D eigenvalue weighted by molar-refractivity contribution is 8.00. The second-order valence-electron chi connectivity index (χ2n) is 2.55. The summed E-state index contributed by atoms with van der Waals surface area (Å²) in [7, 11) is 3.39. The van der Waals surface area contributed by atoms with Crippen molar-refractivity contribution < 1.29 is 9.47 Å². The molecule has 0 radical (unpaired) electrons. The third kappa shape index (κ3) is 1.84. The maximum absolute atomic E-state index is 5.38. The van der Waals surface area contributed by atoms with Crippen molar-refractivity contribution in [2.45, 2.75) is 11.4 Å². The summed E-state index contributed by atoms with van der Waals surface area (Å²) in [6, 6.07) is 0. The van der Waals surface area contributed by atoms with Crippen molar-refractivity contribution in [1.29, 1.82) is 0 Å². The Morgan fingerprint density at radius 1 is 1.50 bits per heavy atom. The van der Waals surface area contributed by atoms with Gasteiger partial charge in [0.25, 0.3) is 0 Å². The fourth-order valence-corrected chi connectivity index (χ4v) is 1.80. The summed E-state index contributed by atoms with van der Waals surface area (Å²) in [5, 5.41) is 0. The predicted molar refractivity (Wildman–Crippen MR) is 52.1 cm³/mol. The zero-order chi connectivity index (χ0) is 9.03. The second kappa shape index (κ2) is 4.01. The van der Waals surface area contributed by atoms with Gasteiger partial charge in [-0.05, 0) is 18.4 Å². The average Bonchev–Trinajstić information content (AvgIpc) is 2.18. The SMILES string of the molecule is COC1=CC(OC)(SC)C=CC1. The van der Waals surface area contributed by atoms with Crippen molar-refractivity contribution >= 4 is 11.8 Å². The highest BCUT2D eigenvalue weighted by Gasteiger charge is 2.25. The smallest absolute Gasteiger partial charge is 0.154 e. The number of thioether (sulfide) groups is 1. The van der Waals surface area contributed by atoms with Crippen LogP contribution in [0.1, 0.15) is 6.42 Å². The zero-order valence-corrected chi connectivity index (χ0v) is 8.48. The molecule has 1 unspecified atom stereocenters. The van der Waals surface area contributed by atoms with E-state index in [1.54, 1.807) is 26.0 Å². The highest BCUT2D eigenvalue weighted by atomic mass is 32.2. The molecule has 0 N–H and O–H groups in total. The molecule has 0 fully saturated rings. The van der Waals surface area contributed by atoms with Crippen LogP contribution >= 0.6 is 11.8 Å². The summed E-state index contributed by atoms with van der Waals surface area (Å²) in [5.74, 6) is 0.966. The van der Waals surface area contributed by atoms with Gasteiger partial charge in [0.2, 0.25) is 0 Å². The molecule has 0 aromatic carbocycles. The summed E-state index contributed by atoms with van der Waals surface area (Å²) >= 11 is 1.65. The van der Waals surface area contributed by atoms with E-state index < -0.39 is 0 Å². The Labute approximate surface area is 77.6 Å². The van der Waals surface area contributed by atoms with Crippen molar-refractivity contribution in [3.63, 3.8) is 0 Å². The first-order valence-corrected chi connectivity index (χ1v) is 5.02.